The van der Waals surface area contributed by atoms with E-state index in [-0.39, 0.29) is 17.1 Å². The molecule has 36 heavy (non-hydrogen) atoms. The van der Waals surface area contributed by atoms with Crippen LogP contribution in [0.3, 0.4) is 0 Å². The SMILES string of the molecule is Cn1cc(-c2ccn3c(-c4cc(NS(=O)(=O)C5CC5)nc(-c5ccc(F)cc5F)c4)cnc3c2)cn1. The van der Waals surface area contributed by atoms with Crippen LogP contribution < -0.4 is 4.72 Å². The zero-order valence-corrected chi connectivity index (χ0v) is 19.9. The van der Waals surface area contributed by atoms with E-state index in [0.29, 0.717) is 29.7 Å². The second-order valence-corrected chi connectivity index (χ2v) is 10.7. The van der Waals surface area contributed by atoms with Crippen LogP contribution in [0.5, 0.6) is 0 Å². The largest absolute Gasteiger partial charge is 0.300 e. The molecule has 6 rings (SSSR count). The number of pyridine rings is 2. The maximum Gasteiger partial charge on any atom is 0.236 e. The van der Waals surface area contributed by atoms with Gasteiger partial charge in [-0.1, -0.05) is 0 Å². The van der Waals surface area contributed by atoms with E-state index >= 15 is 0 Å². The van der Waals surface area contributed by atoms with Crippen molar-refractivity contribution in [2.24, 2.45) is 7.05 Å². The van der Waals surface area contributed by atoms with E-state index in [4.69, 9.17) is 0 Å². The molecule has 0 atom stereocenters. The van der Waals surface area contributed by atoms with Crippen molar-refractivity contribution in [2.45, 2.75) is 18.1 Å². The van der Waals surface area contributed by atoms with E-state index in [1.807, 2.05) is 36.0 Å². The summed E-state index contributed by atoms with van der Waals surface area (Å²) in [5.41, 5.74) is 3.99. The van der Waals surface area contributed by atoms with E-state index < -0.39 is 26.9 Å². The standard InChI is InChI=1S/C25H20F2N6O2S/c1-32-14-17(12-29-32)15-6-7-33-23(13-28-25(33)10-15)16-8-22(20-5-2-18(26)11-21(20)27)30-24(9-16)31-36(34,35)19-3-4-19/h2,5-14,19H,3-4H2,1H3,(H,30,31). The Balaban J connectivity index is 1.47. The monoisotopic (exact) mass is 506 g/mol. The van der Waals surface area contributed by atoms with Gasteiger partial charge in [-0.15, -0.1) is 0 Å². The number of sulfonamides is 1. The lowest BCUT2D eigenvalue weighted by atomic mass is 10.1. The number of halogens is 2. The van der Waals surface area contributed by atoms with Gasteiger partial charge in [0, 0.05) is 42.2 Å². The van der Waals surface area contributed by atoms with Gasteiger partial charge in [-0.3, -0.25) is 13.8 Å². The van der Waals surface area contributed by atoms with Crippen molar-refractivity contribution in [3.05, 3.63) is 78.9 Å². The number of benzene rings is 1. The Morgan fingerprint density at radius 3 is 2.56 bits per heavy atom. The Labute approximate surface area is 205 Å². The number of imidazole rings is 1. The lowest BCUT2D eigenvalue weighted by Gasteiger charge is -2.12. The quantitative estimate of drug-likeness (QED) is 0.362. The summed E-state index contributed by atoms with van der Waals surface area (Å²) < 4.78 is 59.5. The summed E-state index contributed by atoms with van der Waals surface area (Å²) in [6.07, 6.45) is 8.34. The maximum absolute atomic E-state index is 14.6. The Kier molecular flexibility index (Phi) is 5.11. The molecule has 0 saturated heterocycles. The zero-order valence-electron chi connectivity index (χ0n) is 19.1. The molecule has 0 radical (unpaired) electrons. The van der Waals surface area contributed by atoms with Crippen molar-refractivity contribution in [3.63, 3.8) is 0 Å². The first-order valence-electron chi connectivity index (χ1n) is 11.2. The van der Waals surface area contributed by atoms with Crippen molar-refractivity contribution in [2.75, 3.05) is 4.72 Å². The normalized spacial score (nSPS) is 13.9. The van der Waals surface area contributed by atoms with Crippen LogP contribution in [0.25, 0.3) is 39.3 Å². The van der Waals surface area contributed by atoms with Crippen LogP contribution in [0.15, 0.2) is 67.3 Å². The molecule has 0 aliphatic heterocycles. The fourth-order valence-corrected chi connectivity index (χ4v) is 5.44. The van der Waals surface area contributed by atoms with E-state index in [2.05, 4.69) is 19.8 Å². The molecule has 1 aromatic carbocycles. The second-order valence-electron chi connectivity index (χ2n) is 8.79. The minimum absolute atomic E-state index is 0.0535. The molecule has 0 spiro atoms. The average Bonchev–Trinajstić information content (AvgIpc) is 3.49. The molecule has 4 aromatic heterocycles. The maximum atomic E-state index is 14.6. The van der Waals surface area contributed by atoms with Crippen molar-refractivity contribution < 1.29 is 17.2 Å². The topological polar surface area (TPSA) is 94.2 Å². The lowest BCUT2D eigenvalue weighted by molar-refractivity contribution is 0.585. The molecule has 4 heterocycles. The Morgan fingerprint density at radius 1 is 1.00 bits per heavy atom. The number of fused-ring (bicyclic) bond motifs is 1. The molecule has 8 nitrogen and oxygen atoms in total. The molecule has 182 valence electrons. The smallest absolute Gasteiger partial charge is 0.236 e. The van der Waals surface area contributed by atoms with E-state index in [0.717, 1.165) is 23.3 Å². The molecule has 1 N–H and O–H groups in total. The first kappa shape index (κ1) is 22.4. The number of hydrogen-bond donors (Lipinski definition) is 1. The van der Waals surface area contributed by atoms with E-state index in [1.54, 1.807) is 29.2 Å². The third-order valence-corrected chi connectivity index (χ3v) is 7.93. The molecule has 1 aliphatic rings. The van der Waals surface area contributed by atoms with Crippen molar-refractivity contribution >= 4 is 21.5 Å². The lowest BCUT2D eigenvalue weighted by Crippen LogP contribution is -2.18. The van der Waals surface area contributed by atoms with Gasteiger partial charge in [0.2, 0.25) is 10.0 Å². The highest BCUT2D eigenvalue weighted by atomic mass is 32.2. The van der Waals surface area contributed by atoms with E-state index in [1.165, 1.54) is 6.07 Å². The zero-order chi connectivity index (χ0) is 25.0. The van der Waals surface area contributed by atoms with Crippen LogP contribution in [0.1, 0.15) is 12.8 Å². The van der Waals surface area contributed by atoms with Crippen molar-refractivity contribution in [1.82, 2.24) is 24.1 Å². The number of aromatic nitrogens is 5. The van der Waals surface area contributed by atoms with Crippen LogP contribution in [0.2, 0.25) is 0 Å². The fraction of sp³-hybridized carbons (Fsp3) is 0.160. The van der Waals surface area contributed by atoms with Crippen LogP contribution >= 0.6 is 0 Å². The van der Waals surface area contributed by atoms with Crippen LogP contribution in [0, 0.1) is 11.6 Å². The molecule has 1 fully saturated rings. The third-order valence-electron chi connectivity index (χ3n) is 6.09. The highest BCUT2D eigenvalue weighted by Gasteiger charge is 2.36. The minimum Gasteiger partial charge on any atom is -0.300 e. The minimum atomic E-state index is -3.61. The number of nitrogens with zero attached hydrogens (tertiary/aromatic N) is 5. The summed E-state index contributed by atoms with van der Waals surface area (Å²) in [4.78, 5) is 8.86. The summed E-state index contributed by atoms with van der Waals surface area (Å²) in [6, 6.07) is 10.2. The van der Waals surface area contributed by atoms with Crippen LogP contribution in [0.4, 0.5) is 14.6 Å². The molecule has 0 bridgehead atoms. The Morgan fingerprint density at radius 2 is 1.83 bits per heavy atom. The van der Waals surface area contributed by atoms with Gasteiger partial charge in [0.15, 0.2) is 0 Å². The predicted octanol–water partition coefficient (Wildman–Crippen LogP) is 4.65. The number of nitrogens with one attached hydrogen (secondary N) is 1. The van der Waals surface area contributed by atoms with Crippen molar-refractivity contribution in [1.29, 1.82) is 0 Å². The number of anilines is 1. The Bertz CT molecular complexity index is 1740. The summed E-state index contributed by atoms with van der Waals surface area (Å²) in [5, 5.41) is 3.74. The molecule has 1 saturated carbocycles. The fourth-order valence-electron chi connectivity index (χ4n) is 4.12. The highest BCUT2D eigenvalue weighted by Crippen LogP contribution is 2.33. The highest BCUT2D eigenvalue weighted by molar-refractivity contribution is 7.93. The Hall–Kier alpha value is -4.12. The number of hydrogen-bond acceptors (Lipinski definition) is 5. The molecule has 5 aromatic rings. The molecule has 11 heteroatoms. The van der Waals surface area contributed by atoms with Gasteiger partial charge in [0.1, 0.15) is 23.1 Å². The molecule has 1 aliphatic carbocycles. The number of rotatable bonds is 6. The third kappa shape index (κ3) is 4.11. The summed E-state index contributed by atoms with van der Waals surface area (Å²) in [5.74, 6) is -1.46. The average molecular weight is 507 g/mol. The van der Waals surface area contributed by atoms with Gasteiger partial charge in [-0.05, 0) is 54.8 Å². The van der Waals surface area contributed by atoms with Crippen LogP contribution in [-0.2, 0) is 17.1 Å². The van der Waals surface area contributed by atoms with Gasteiger partial charge in [-0.2, -0.15) is 5.10 Å². The van der Waals surface area contributed by atoms with Gasteiger partial charge in [0.05, 0.1) is 29.0 Å². The van der Waals surface area contributed by atoms with Crippen molar-refractivity contribution in [3.8, 4) is 33.6 Å². The molecule has 0 amide bonds. The second kappa shape index (κ2) is 8.23. The van der Waals surface area contributed by atoms with Gasteiger partial charge in [0.25, 0.3) is 0 Å². The summed E-state index contributed by atoms with van der Waals surface area (Å²) in [7, 11) is -1.77. The summed E-state index contributed by atoms with van der Waals surface area (Å²) >= 11 is 0. The first-order chi connectivity index (χ1) is 17.3. The van der Waals surface area contributed by atoms with Crippen LogP contribution in [-0.4, -0.2) is 37.8 Å². The van der Waals surface area contributed by atoms with Gasteiger partial charge < -0.3 is 0 Å². The molecular weight excluding hydrogens is 486 g/mol. The first-order valence-corrected chi connectivity index (χ1v) is 12.8. The van der Waals surface area contributed by atoms with E-state index in [9.17, 15) is 17.2 Å². The predicted molar refractivity (Wildman–Crippen MR) is 132 cm³/mol. The van der Waals surface area contributed by atoms with Gasteiger partial charge >= 0.3 is 0 Å². The molecule has 0 unspecified atom stereocenters. The number of aryl methyl sites for hydroxylation is 1. The molecular formula is C25H20F2N6O2S. The van der Waals surface area contributed by atoms with Gasteiger partial charge in [-0.25, -0.2) is 27.2 Å². The summed E-state index contributed by atoms with van der Waals surface area (Å²) in [6.45, 7) is 0.